The lowest BCUT2D eigenvalue weighted by Gasteiger charge is -2.35. The van der Waals surface area contributed by atoms with Crippen LogP contribution in [0, 0.1) is 0 Å². The third-order valence-corrected chi connectivity index (χ3v) is 9.11. The average Bonchev–Trinajstić information content (AvgIpc) is 3.47. The van der Waals surface area contributed by atoms with Crippen molar-refractivity contribution >= 4 is 40.4 Å². The Kier molecular flexibility index (Phi) is 8.14. The van der Waals surface area contributed by atoms with Crippen molar-refractivity contribution in [3.05, 3.63) is 71.6 Å². The van der Waals surface area contributed by atoms with Crippen molar-refractivity contribution in [3.63, 3.8) is 0 Å². The molecule has 0 spiro atoms. The number of nitrogen functional groups attached to an aromatic ring is 1. The lowest BCUT2D eigenvalue weighted by Crippen LogP contribution is -2.58. The van der Waals surface area contributed by atoms with E-state index in [1.54, 1.807) is 30.5 Å². The van der Waals surface area contributed by atoms with Crippen molar-refractivity contribution in [3.8, 4) is 11.3 Å². The minimum atomic E-state index is -4.56. The van der Waals surface area contributed by atoms with E-state index in [9.17, 15) is 22.8 Å². The first-order valence-corrected chi connectivity index (χ1v) is 15.7. The molecule has 244 valence electrons. The first-order chi connectivity index (χ1) is 22.6. The topological polar surface area (TPSA) is 143 Å². The van der Waals surface area contributed by atoms with Crippen LogP contribution in [-0.4, -0.2) is 74.7 Å². The maximum Gasteiger partial charge on any atom is 0.416 e. The van der Waals surface area contributed by atoms with E-state index in [0.717, 1.165) is 61.8 Å². The van der Waals surface area contributed by atoms with E-state index in [0.29, 0.717) is 42.0 Å². The van der Waals surface area contributed by atoms with E-state index in [2.05, 4.69) is 36.9 Å². The normalized spacial score (nSPS) is 23.9. The molecule has 1 unspecified atom stereocenters. The summed E-state index contributed by atoms with van der Waals surface area (Å²) in [6.07, 6.45) is 5.73. The second kappa shape index (κ2) is 12.4. The molecule has 2 amide bonds. The number of nitrogens with one attached hydrogen (secondary N) is 3. The van der Waals surface area contributed by atoms with Gasteiger partial charge in [0.1, 0.15) is 17.3 Å². The second-order valence-corrected chi connectivity index (χ2v) is 12.3. The smallest absolute Gasteiger partial charge is 0.383 e. The number of benzene rings is 1. The number of anilines is 2. The standard InChI is InChI=1S/C33H34F3N9O2/c34-33(35,36)22-10-11-39-26(15-22)42-31(46)20-8-6-19(7-9-20)28-27-29-21(17-40-30(27)37)3-2-13-44-14-12-38-25(18-44)32(47)41-23-4-1-5-24(16-23)45(29)43-28/h2-3,6-11,15,17,23-25,38H,1,4-5,12-14,16,18H2,(H2,37,40)(H,41,47)(H,39,42,46)/b3-2+/t23-,24-,25-/m1/s1. The van der Waals surface area contributed by atoms with Gasteiger partial charge in [0.05, 0.1) is 28.6 Å². The molecule has 2 fully saturated rings. The van der Waals surface area contributed by atoms with Crippen molar-refractivity contribution in [1.29, 1.82) is 0 Å². The number of hydrogen-bond acceptors (Lipinski definition) is 8. The van der Waals surface area contributed by atoms with E-state index in [1.807, 2.05) is 10.8 Å². The summed E-state index contributed by atoms with van der Waals surface area (Å²) in [5.41, 5.74) is 8.89. The average molecular weight is 646 g/mol. The molecule has 4 atom stereocenters. The largest absolute Gasteiger partial charge is 0.416 e. The molecule has 47 heavy (non-hydrogen) atoms. The predicted molar refractivity (Wildman–Crippen MR) is 171 cm³/mol. The maximum absolute atomic E-state index is 13.2. The molecule has 14 heteroatoms. The monoisotopic (exact) mass is 645 g/mol. The van der Waals surface area contributed by atoms with Gasteiger partial charge < -0.3 is 21.7 Å². The fourth-order valence-corrected chi connectivity index (χ4v) is 6.75. The van der Waals surface area contributed by atoms with Crippen LogP contribution in [0.25, 0.3) is 28.2 Å². The predicted octanol–water partition coefficient (Wildman–Crippen LogP) is 4.25. The summed E-state index contributed by atoms with van der Waals surface area (Å²) in [7, 11) is 0. The van der Waals surface area contributed by atoms with E-state index in [1.165, 1.54) is 0 Å². The van der Waals surface area contributed by atoms with E-state index in [4.69, 9.17) is 10.8 Å². The highest BCUT2D eigenvalue weighted by Gasteiger charge is 2.33. The minimum Gasteiger partial charge on any atom is -0.383 e. The van der Waals surface area contributed by atoms with Crippen LogP contribution in [0.3, 0.4) is 0 Å². The number of nitrogens with zero attached hydrogens (tertiary/aromatic N) is 5. The molecule has 0 radical (unpaired) electrons. The van der Waals surface area contributed by atoms with Crippen LogP contribution < -0.4 is 21.7 Å². The third-order valence-electron chi connectivity index (χ3n) is 9.11. The van der Waals surface area contributed by atoms with Gasteiger partial charge in [0.2, 0.25) is 5.91 Å². The molecule has 4 bridgehead atoms. The third kappa shape index (κ3) is 6.30. The zero-order valence-corrected chi connectivity index (χ0v) is 25.4. The highest BCUT2D eigenvalue weighted by molar-refractivity contribution is 6.06. The highest BCUT2D eigenvalue weighted by atomic mass is 19.4. The SMILES string of the molecule is Nc1ncc2c3c1c(-c1ccc(C(=O)Nc4cc(C(F)(F)F)ccn4)cc1)nn3[C@@H]1CCC[C@H](C1)NC(=O)[C@H]1CN(C/C=C/2)CCN1. The van der Waals surface area contributed by atoms with Gasteiger partial charge in [-0.3, -0.25) is 19.2 Å². The van der Waals surface area contributed by atoms with Crippen LogP contribution in [0.4, 0.5) is 24.8 Å². The molecule has 3 aromatic heterocycles. The van der Waals surface area contributed by atoms with Crippen LogP contribution in [0.2, 0.25) is 0 Å². The van der Waals surface area contributed by atoms with Crippen molar-refractivity contribution < 1.29 is 22.8 Å². The number of rotatable bonds is 3. The molecular weight excluding hydrogens is 611 g/mol. The highest BCUT2D eigenvalue weighted by Crippen LogP contribution is 2.39. The number of carbonyl (C=O) groups excluding carboxylic acids is 2. The number of amides is 2. The van der Waals surface area contributed by atoms with Crippen LogP contribution in [0.5, 0.6) is 0 Å². The summed E-state index contributed by atoms with van der Waals surface area (Å²) in [6.45, 7) is 2.88. The maximum atomic E-state index is 13.2. The molecule has 1 saturated carbocycles. The van der Waals surface area contributed by atoms with Gasteiger partial charge in [-0.15, -0.1) is 0 Å². The van der Waals surface area contributed by atoms with Gasteiger partial charge in [-0.1, -0.05) is 24.3 Å². The fourth-order valence-electron chi connectivity index (χ4n) is 6.75. The van der Waals surface area contributed by atoms with Crippen molar-refractivity contribution in [2.24, 2.45) is 0 Å². The molecule has 2 aliphatic heterocycles. The number of piperazine rings is 1. The first-order valence-electron chi connectivity index (χ1n) is 15.7. The number of carbonyl (C=O) groups is 2. The Balaban J connectivity index is 1.24. The van der Waals surface area contributed by atoms with Crippen molar-refractivity contribution in [2.75, 3.05) is 37.2 Å². The Hall–Kier alpha value is -4.82. The van der Waals surface area contributed by atoms with E-state index in [-0.39, 0.29) is 35.4 Å². The van der Waals surface area contributed by atoms with E-state index < -0.39 is 17.6 Å². The number of pyridine rings is 2. The van der Waals surface area contributed by atoms with Crippen LogP contribution in [0.1, 0.15) is 53.2 Å². The Bertz CT molecular complexity index is 1850. The Labute approximate surface area is 268 Å². The summed E-state index contributed by atoms with van der Waals surface area (Å²) in [5, 5.41) is 14.9. The number of fused-ring (bicyclic) bond motifs is 5. The van der Waals surface area contributed by atoms with Crippen molar-refractivity contribution in [1.82, 2.24) is 35.3 Å². The minimum absolute atomic E-state index is 0.00279. The Morgan fingerprint density at radius 2 is 1.94 bits per heavy atom. The molecular formula is C33H34F3N9O2. The second-order valence-electron chi connectivity index (χ2n) is 12.3. The zero-order valence-electron chi connectivity index (χ0n) is 25.4. The summed E-state index contributed by atoms with van der Waals surface area (Å²) >= 11 is 0. The zero-order chi connectivity index (χ0) is 32.7. The van der Waals surface area contributed by atoms with Crippen molar-refractivity contribution in [2.45, 2.75) is 50.0 Å². The van der Waals surface area contributed by atoms with Gasteiger partial charge in [0.25, 0.3) is 5.91 Å². The summed E-state index contributed by atoms with van der Waals surface area (Å²) in [4.78, 5) is 36.8. The van der Waals surface area contributed by atoms with Gasteiger partial charge in [-0.2, -0.15) is 18.3 Å². The fraction of sp³-hybridized carbons (Fsp3) is 0.364. The number of nitrogens with two attached hydrogens (primary N) is 1. The summed E-state index contributed by atoms with van der Waals surface area (Å²) < 4.78 is 41.4. The molecule has 1 aliphatic carbocycles. The number of alkyl halides is 3. The van der Waals surface area contributed by atoms with Crippen LogP contribution in [-0.2, 0) is 11.0 Å². The lowest BCUT2D eigenvalue weighted by atomic mass is 9.90. The number of halogens is 3. The Morgan fingerprint density at radius 3 is 2.74 bits per heavy atom. The molecule has 11 nitrogen and oxygen atoms in total. The van der Waals surface area contributed by atoms with Gasteiger partial charge in [0.15, 0.2) is 0 Å². The molecule has 7 rings (SSSR count). The van der Waals surface area contributed by atoms with Gasteiger partial charge in [0, 0.05) is 61.3 Å². The summed E-state index contributed by atoms with van der Waals surface area (Å²) in [6, 6.07) is 8.01. The summed E-state index contributed by atoms with van der Waals surface area (Å²) in [5.74, 6) is -0.459. The lowest BCUT2D eigenvalue weighted by molar-refractivity contribution is -0.137. The molecule has 1 saturated heterocycles. The quantitative estimate of drug-likeness (QED) is 0.259. The van der Waals surface area contributed by atoms with Gasteiger partial charge in [-0.05, 0) is 49.9 Å². The first kappa shape index (κ1) is 30.8. The molecule has 5 N–H and O–H groups in total. The molecule has 1 aromatic carbocycles. The molecule has 3 aliphatic rings. The molecule has 5 heterocycles. The van der Waals surface area contributed by atoms with Crippen LogP contribution in [0.15, 0.2) is 54.9 Å². The van der Waals surface area contributed by atoms with Gasteiger partial charge in [-0.25, -0.2) is 9.97 Å². The van der Waals surface area contributed by atoms with Gasteiger partial charge >= 0.3 is 6.18 Å². The Morgan fingerprint density at radius 1 is 1.11 bits per heavy atom. The number of aromatic nitrogens is 4. The van der Waals surface area contributed by atoms with Crippen LogP contribution >= 0.6 is 0 Å². The van der Waals surface area contributed by atoms with E-state index >= 15 is 0 Å². The number of hydrogen-bond donors (Lipinski definition) is 4. The molecule has 4 aromatic rings.